The Morgan fingerprint density at radius 2 is 2.00 bits per heavy atom. The molecule has 0 spiro atoms. The Morgan fingerprint density at radius 1 is 1.35 bits per heavy atom. The van der Waals surface area contributed by atoms with Gasteiger partial charge in [-0.15, -0.1) is 0 Å². The van der Waals surface area contributed by atoms with Gasteiger partial charge in [0.2, 0.25) is 5.91 Å². The van der Waals surface area contributed by atoms with E-state index < -0.39 is 17.9 Å². The quantitative estimate of drug-likeness (QED) is 0.759. The van der Waals surface area contributed by atoms with E-state index in [1.165, 1.54) is 21.0 Å². The van der Waals surface area contributed by atoms with E-state index >= 15 is 0 Å². The highest BCUT2D eigenvalue weighted by atomic mass is 16.5. The van der Waals surface area contributed by atoms with E-state index in [2.05, 4.69) is 5.32 Å². The summed E-state index contributed by atoms with van der Waals surface area (Å²) in [6.45, 7) is 2.81. The number of benzene rings is 1. The van der Waals surface area contributed by atoms with E-state index in [0.29, 0.717) is 16.9 Å². The van der Waals surface area contributed by atoms with E-state index in [-0.39, 0.29) is 12.2 Å². The first-order valence-corrected chi connectivity index (χ1v) is 6.05. The average Bonchev–Trinajstić information content (AvgIpc) is 2.38. The van der Waals surface area contributed by atoms with Crippen LogP contribution in [0.15, 0.2) is 18.2 Å². The zero-order valence-electron chi connectivity index (χ0n) is 11.6. The minimum absolute atomic E-state index is 0.0537. The molecular weight excluding hydrogens is 262 g/mol. The number of ether oxygens (including phenoxy) is 1. The summed E-state index contributed by atoms with van der Waals surface area (Å²) in [6.07, 6.45) is -0.0537. The normalized spacial score (nSPS) is 11.6. The number of amides is 1. The monoisotopic (exact) mass is 279 g/mol. The summed E-state index contributed by atoms with van der Waals surface area (Å²) in [7, 11) is 1.46. The fraction of sp³-hybridized carbons (Fsp3) is 0.357. The van der Waals surface area contributed by atoms with Crippen LogP contribution in [0.1, 0.15) is 29.8 Å². The Hall–Kier alpha value is -2.37. The maximum Gasteiger partial charge on any atom is 0.325 e. The van der Waals surface area contributed by atoms with Crippen LogP contribution in [0, 0.1) is 0 Å². The number of methoxy groups -OCH3 is 1. The lowest BCUT2D eigenvalue weighted by Crippen LogP contribution is -2.39. The van der Waals surface area contributed by atoms with Gasteiger partial charge in [0.25, 0.3) is 0 Å². The molecule has 0 unspecified atom stereocenters. The van der Waals surface area contributed by atoms with Gasteiger partial charge >= 0.3 is 5.97 Å². The number of hydrogen-bond donors (Lipinski definition) is 2. The molecule has 0 saturated carbocycles. The van der Waals surface area contributed by atoms with Crippen LogP contribution in [0.25, 0.3) is 0 Å². The van der Waals surface area contributed by atoms with Crippen molar-refractivity contribution in [3.05, 3.63) is 29.3 Å². The van der Waals surface area contributed by atoms with Crippen LogP contribution in [0.5, 0.6) is 5.75 Å². The first kappa shape index (κ1) is 15.7. The van der Waals surface area contributed by atoms with Gasteiger partial charge in [-0.1, -0.05) is 0 Å². The molecule has 0 aliphatic rings. The van der Waals surface area contributed by atoms with Crippen LogP contribution in [0.2, 0.25) is 0 Å². The van der Waals surface area contributed by atoms with Gasteiger partial charge < -0.3 is 15.2 Å². The van der Waals surface area contributed by atoms with Crippen molar-refractivity contribution in [2.24, 2.45) is 0 Å². The SMILES string of the molecule is COc1ccc(C(C)=O)cc1CC(=O)N[C@@H](C)C(=O)O. The number of carbonyl (C=O) groups is 3. The minimum Gasteiger partial charge on any atom is -0.496 e. The lowest BCUT2D eigenvalue weighted by molar-refractivity contribution is -0.141. The second-order valence-corrected chi connectivity index (χ2v) is 4.39. The molecule has 1 rings (SSSR count). The van der Waals surface area contributed by atoms with Crippen molar-refractivity contribution >= 4 is 17.7 Å². The van der Waals surface area contributed by atoms with Crippen LogP contribution in [-0.2, 0) is 16.0 Å². The zero-order chi connectivity index (χ0) is 15.3. The lowest BCUT2D eigenvalue weighted by atomic mass is 10.0. The number of aliphatic carboxylic acids is 1. The zero-order valence-corrected chi connectivity index (χ0v) is 11.6. The Bertz CT molecular complexity index is 538. The third kappa shape index (κ3) is 4.08. The fourth-order valence-corrected chi connectivity index (χ4v) is 1.66. The second-order valence-electron chi connectivity index (χ2n) is 4.39. The van der Waals surface area contributed by atoms with E-state index in [1.807, 2.05) is 0 Å². The van der Waals surface area contributed by atoms with E-state index in [4.69, 9.17) is 9.84 Å². The third-order valence-corrected chi connectivity index (χ3v) is 2.79. The van der Waals surface area contributed by atoms with Gasteiger partial charge in [0.05, 0.1) is 13.5 Å². The van der Waals surface area contributed by atoms with Crippen LogP contribution in [0.4, 0.5) is 0 Å². The first-order valence-electron chi connectivity index (χ1n) is 6.05. The molecule has 0 bridgehead atoms. The number of carbonyl (C=O) groups excluding carboxylic acids is 2. The Balaban J connectivity index is 2.89. The van der Waals surface area contributed by atoms with Crippen LogP contribution in [0.3, 0.4) is 0 Å². The Kier molecular flexibility index (Phi) is 5.25. The molecule has 6 nitrogen and oxygen atoms in total. The molecule has 6 heteroatoms. The smallest absolute Gasteiger partial charge is 0.325 e. The number of hydrogen-bond acceptors (Lipinski definition) is 4. The van der Waals surface area contributed by atoms with Crippen molar-refractivity contribution in [1.29, 1.82) is 0 Å². The molecular formula is C14H17NO5. The van der Waals surface area contributed by atoms with Crippen LogP contribution < -0.4 is 10.1 Å². The van der Waals surface area contributed by atoms with Gasteiger partial charge in [0, 0.05) is 11.1 Å². The Morgan fingerprint density at radius 3 is 2.50 bits per heavy atom. The van der Waals surface area contributed by atoms with Gasteiger partial charge in [-0.3, -0.25) is 14.4 Å². The Labute approximate surface area is 116 Å². The summed E-state index contributed by atoms with van der Waals surface area (Å²) in [5.74, 6) is -1.19. The molecule has 0 aliphatic heterocycles. The molecule has 1 amide bonds. The fourth-order valence-electron chi connectivity index (χ4n) is 1.66. The van der Waals surface area contributed by atoms with Crippen molar-refractivity contribution in [2.45, 2.75) is 26.3 Å². The number of Topliss-reactive ketones (excluding diaryl/α,β-unsaturated/α-hetero) is 1. The van der Waals surface area contributed by atoms with Gasteiger partial charge in [-0.05, 0) is 32.0 Å². The first-order chi connectivity index (χ1) is 9.35. The number of carboxylic acids is 1. The molecule has 0 heterocycles. The molecule has 2 N–H and O–H groups in total. The topological polar surface area (TPSA) is 92.7 Å². The number of ketones is 1. The molecule has 0 radical (unpaired) electrons. The number of nitrogens with one attached hydrogen (secondary N) is 1. The highest BCUT2D eigenvalue weighted by Crippen LogP contribution is 2.20. The lowest BCUT2D eigenvalue weighted by Gasteiger charge is -2.12. The molecule has 20 heavy (non-hydrogen) atoms. The van der Waals surface area contributed by atoms with E-state index in [0.717, 1.165) is 0 Å². The van der Waals surface area contributed by atoms with Crippen molar-refractivity contribution in [2.75, 3.05) is 7.11 Å². The number of rotatable bonds is 6. The van der Waals surface area contributed by atoms with Crippen molar-refractivity contribution in [3.63, 3.8) is 0 Å². The van der Waals surface area contributed by atoms with Gasteiger partial charge in [0.1, 0.15) is 11.8 Å². The standard InChI is InChI=1S/C14H17NO5/c1-8(14(18)19)15-13(17)7-11-6-10(9(2)16)4-5-12(11)20-3/h4-6,8H,7H2,1-3H3,(H,15,17)(H,18,19)/t8-/m0/s1. The maximum absolute atomic E-state index is 11.8. The highest BCUT2D eigenvalue weighted by molar-refractivity contribution is 5.95. The van der Waals surface area contributed by atoms with Crippen LogP contribution in [-0.4, -0.2) is 35.9 Å². The summed E-state index contributed by atoms with van der Waals surface area (Å²) in [6, 6.07) is 3.83. The van der Waals surface area contributed by atoms with Gasteiger partial charge in [-0.2, -0.15) is 0 Å². The third-order valence-electron chi connectivity index (χ3n) is 2.79. The predicted octanol–water partition coefficient (Wildman–Crippen LogP) is 1.03. The molecule has 1 aromatic rings. The largest absolute Gasteiger partial charge is 0.496 e. The molecule has 0 saturated heterocycles. The summed E-state index contributed by atoms with van der Waals surface area (Å²) in [5, 5.41) is 11.1. The summed E-state index contributed by atoms with van der Waals surface area (Å²) in [4.78, 5) is 33.8. The highest BCUT2D eigenvalue weighted by Gasteiger charge is 2.16. The average molecular weight is 279 g/mol. The minimum atomic E-state index is -1.11. The molecule has 0 aliphatic carbocycles. The molecule has 0 aromatic heterocycles. The van der Waals surface area contributed by atoms with E-state index in [9.17, 15) is 14.4 Å². The van der Waals surface area contributed by atoms with Crippen LogP contribution >= 0.6 is 0 Å². The van der Waals surface area contributed by atoms with Gasteiger partial charge in [-0.25, -0.2) is 0 Å². The molecule has 108 valence electrons. The van der Waals surface area contributed by atoms with E-state index in [1.54, 1.807) is 18.2 Å². The molecule has 0 fully saturated rings. The van der Waals surface area contributed by atoms with Crippen molar-refractivity contribution < 1.29 is 24.2 Å². The maximum atomic E-state index is 11.8. The molecule has 1 atom stereocenters. The summed E-state index contributed by atoms with van der Waals surface area (Å²) in [5.41, 5.74) is 1.01. The van der Waals surface area contributed by atoms with Crippen molar-refractivity contribution in [3.8, 4) is 5.75 Å². The van der Waals surface area contributed by atoms with Crippen molar-refractivity contribution in [1.82, 2.24) is 5.32 Å². The summed E-state index contributed by atoms with van der Waals surface area (Å²) < 4.78 is 5.13. The van der Waals surface area contributed by atoms with Gasteiger partial charge in [0.15, 0.2) is 5.78 Å². The predicted molar refractivity (Wildman–Crippen MR) is 71.9 cm³/mol. The summed E-state index contributed by atoms with van der Waals surface area (Å²) >= 11 is 0. The number of carboxylic acid groups (broad SMARTS) is 1. The second kappa shape index (κ2) is 6.70. The molecule has 1 aromatic carbocycles.